The number of carbonyl (C=O) groups is 1. The third-order valence-electron chi connectivity index (χ3n) is 5.95. The number of nitrogens with one attached hydrogen (secondary N) is 1. The summed E-state index contributed by atoms with van der Waals surface area (Å²) in [6, 6.07) is 8.67. The second-order valence-electron chi connectivity index (χ2n) is 8.49. The van der Waals surface area contributed by atoms with E-state index in [2.05, 4.69) is 15.3 Å². The maximum atomic E-state index is 13.4. The molecule has 0 bridgehead atoms. The second-order valence-corrected chi connectivity index (χ2v) is 11.4. The normalized spacial score (nSPS) is 19.0. The number of rotatable bonds is 9. The van der Waals surface area contributed by atoms with Gasteiger partial charge in [-0.3, -0.25) is 8.98 Å². The Bertz CT molecular complexity index is 1330. The Kier molecular flexibility index (Phi) is 7.84. The molecular formula is C23H25ClN4O5S2. The number of hydrogen-bond donors (Lipinski definition) is 3. The maximum Gasteiger partial charge on any atom is 0.333 e. The van der Waals surface area contributed by atoms with E-state index < -0.39 is 16.4 Å². The van der Waals surface area contributed by atoms with Crippen molar-refractivity contribution in [3.8, 4) is 0 Å². The van der Waals surface area contributed by atoms with Crippen molar-refractivity contribution in [2.24, 2.45) is 11.1 Å². The van der Waals surface area contributed by atoms with Crippen LogP contribution in [0.4, 0.5) is 5.82 Å². The largest absolute Gasteiger partial charge is 0.384 e. The van der Waals surface area contributed by atoms with E-state index in [4.69, 9.17) is 20.9 Å². The smallest absolute Gasteiger partial charge is 0.333 e. The van der Waals surface area contributed by atoms with Crippen LogP contribution in [-0.2, 0) is 14.5 Å². The summed E-state index contributed by atoms with van der Waals surface area (Å²) in [6.07, 6.45) is 4.10. The van der Waals surface area contributed by atoms with E-state index >= 15 is 0 Å². The fraction of sp³-hybridized carbons (Fsp3) is 0.348. The number of nitrogens with two attached hydrogens (primary N) is 1. The first kappa shape index (κ1) is 25.7. The summed E-state index contributed by atoms with van der Waals surface area (Å²) in [7, 11) is -3.97. The van der Waals surface area contributed by atoms with Crippen LogP contribution in [0.15, 0.2) is 42.9 Å². The lowest BCUT2D eigenvalue weighted by atomic mass is 10.0. The van der Waals surface area contributed by atoms with Gasteiger partial charge >= 0.3 is 10.3 Å². The highest BCUT2D eigenvalue weighted by molar-refractivity contribution is 7.84. The molecular weight excluding hydrogens is 512 g/mol. The van der Waals surface area contributed by atoms with E-state index in [0.29, 0.717) is 38.8 Å². The van der Waals surface area contributed by atoms with Gasteiger partial charge in [0.2, 0.25) is 5.78 Å². The first-order valence-corrected chi connectivity index (χ1v) is 13.6. The molecule has 1 saturated carbocycles. The zero-order valence-electron chi connectivity index (χ0n) is 18.8. The summed E-state index contributed by atoms with van der Waals surface area (Å²) in [5.74, 6) is 0.186. The Morgan fingerprint density at radius 3 is 2.91 bits per heavy atom. The van der Waals surface area contributed by atoms with Crippen LogP contribution >= 0.6 is 22.9 Å². The molecule has 1 aliphatic carbocycles. The lowest BCUT2D eigenvalue weighted by Gasteiger charge is -2.15. The van der Waals surface area contributed by atoms with Gasteiger partial charge in [-0.25, -0.2) is 15.1 Å². The molecule has 1 aromatic carbocycles. The first-order valence-electron chi connectivity index (χ1n) is 10.9. The van der Waals surface area contributed by atoms with Crippen LogP contribution < -0.4 is 10.5 Å². The zero-order chi connectivity index (χ0) is 25.2. The highest BCUT2D eigenvalue weighted by Crippen LogP contribution is 2.34. The second kappa shape index (κ2) is 10.7. The van der Waals surface area contributed by atoms with E-state index in [1.54, 1.807) is 30.3 Å². The van der Waals surface area contributed by atoms with E-state index in [0.717, 1.165) is 17.7 Å². The predicted molar refractivity (Wildman–Crippen MR) is 134 cm³/mol. The van der Waals surface area contributed by atoms with Gasteiger partial charge in [0, 0.05) is 22.1 Å². The average Bonchev–Trinajstić information content (AvgIpc) is 3.43. The molecule has 1 aliphatic rings. The topological polar surface area (TPSA) is 144 Å². The molecule has 186 valence electrons. The van der Waals surface area contributed by atoms with Crippen LogP contribution in [-0.4, -0.2) is 41.9 Å². The molecule has 2 heterocycles. The molecule has 0 radical (unpaired) electrons. The van der Waals surface area contributed by atoms with Crippen LogP contribution in [0.5, 0.6) is 0 Å². The van der Waals surface area contributed by atoms with Crippen LogP contribution in [0.2, 0.25) is 5.02 Å². The van der Waals surface area contributed by atoms with Crippen molar-refractivity contribution in [3.05, 3.63) is 74.3 Å². The van der Waals surface area contributed by atoms with Crippen molar-refractivity contribution in [2.45, 2.75) is 38.3 Å². The molecule has 4 rings (SSSR count). The number of benzene rings is 1. The molecule has 3 atom stereocenters. The van der Waals surface area contributed by atoms with Crippen molar-refractivity contribution in [2.75, 3.05) is 11.9 Å². The zero-order valence-corrected chi connectivity index (χ0v) is 21.2. The Morgan fingerprint density at radius 2 is 2.17 bits per heavy atom. The number of carbonyl (C=O) groups excluding carboxylic acids is 1. The number of nitrogens with zero attached hydrogens (tertiary/aromatic N) is 2. The minimum absolute atomic E-state index is 0.00388. The van der Waals surface area contributed by atoms with E-state index in [1.807, 2.05) is 6.92 Å². The molecule has 1 fully saturated rings. The molecule has 0 amide bonds. The minimum atomic E-state index is -3.97. The average molecular weight is 537 g/mol. The Morgan fingerprint density at radius 1 is 1.37 bits per heavy atom. The van der Waals surface area contributed by atoms with Gasteiger partial charge in [-0.1, -0.05) is 23.7 Å². The van der Waals surface area contributed by atoms with Crippen LogP contribution in [0.25, 0.3) is 0 Å². The van der Waals surface area contributed by atoms with Crippen LogP contribution in [0.1, 0.15) is 56.6 Å². The summed E-state index contributed by atoms with van der Waals surface area (Å²) in [5.41, 5.74) is 1.60. The van der Waals surface area contributed by atoms with Gasteiger partial charge in [0.25, 0.3) is 0 Å². The third-order valence-corrected chi connectivity index (χ3v) is 7.71. The number of aromatic nitrogens is 2. The van der Waals surface area contributed by atoms with Crippen molar-refractivity contribution < 1.29 is 22.5 Å². The first-order chi connectivity index (χ1) is 16.6. The van der Waals surface area contributed by atoms with Crippen molar-refractivity contribution in [1.29, 1.82) is 0 Å². The van der Waals surface area contributed by atoms with Crippen molar-refractivity contribution >= 4 is 44.8 Å². The van der Waals surface area contributed by atoms with E-state index in [1.165, 1.54) is 23.9 Å². The molecule has 2 aromatic heterocycles. The van der Waals surface area contributed by atoms with Gasteiger partial charge in [0.1, 0.15) is 18.2 Å². The van der Waals surface area contributed by atoms with Gasteiger partial charge < -0.3 is 10.4 Å². The highest BCUT2D eigenvalue weighted by atomic mass is 35.5. The van der Waals surface area contributed by atoms with Gasteiger partial charge in [0.05, 0.1) is 17.0 Å². The standard InChI is InChI=1S/C23H25ClN4O5S2/c1-13-18(21(29)15-3-2-4-16(24)8-15)9-20(34-13)22(30)19-10-26-12-27-23(19)28-17-6-5-14(7-17)11-33-35(25,31)32/h2-4,8-10,12,14,17,21,29H,5-7,11H2,1H3,(H2,25,31,32)(H,26,27,28)/t14-,17+,21?/m1/s1. The minimum Gasteiger partial charge on any atom is -0.384 e. The number of thiophene rings is 1. The fourth-order valence-electron chi connectivity index (χ4n) is 4.22. The van der Waals surface area contributed by atoms with Crippen LogP contribution in [0, 0.1) is 12.8 Å². The van der Waals surface area contributed by atoms with Gasteiger partial charge in [-0.2, -0.15) is 8.42 Å². The number of anilines is 1. The number of halogens is 1. The lowest BCUT2D eigenvalue weighted by molar-refractivity contribution is 0.104. The maximum absolute atomic E-state index is 13.4. The summed E-state index contributed by atoms with van der Waals surface area (Å²) < 4.78 is 26.8. The highest BCUT2D eigenvalue weighted by Gasteiger charge is 2.28. The number of aliphatic hydroxyl groups is 1. The number of aryl methyl sites for hydroxylation is 1. The Labute approximate surface area is 212 Å². The number of aliphatic hydroxyl groups excluding tert-OH is 1. The quantitative estimate of drug-likeness (QED) is 0.352. The Hall–Kier alpha value is -2.41. The van der Waals surface area contributed by atoms with Gasteiger partial charge in [0.15, 0.2) is 0 Å². The van der Waals surface area contributed by atoms with Crippen molar-refractivity contribution in [3.63, 3.8) is 0 Å². The predicted octanol–water partition coefficient (Wildman–Crippen LogP) is 3.61. The van der Waals surface area contributed by atoms with E-state index in [9.17, 15) is 18.3 Å². The molecule has 35 heavy (non-hydrogen) atoms. The molecule has 1 unspecified atom stereocenters. The summed E-state index contributed by atoms with van der Waals surface area (Å²) in [6.45, 7) is 1.88. The van der Waals surface area contributed by atoms with Gasteiger partial charge in [-0.15, -0.1) is 11.3 Å². The summed E-state index contributed by atoms with van der Waals surface area (Å²) in [5, 5.41) is 19.6. The van der Waals surface area contributed by atoms with E-state index in [-0.39, 0.29) is 24.3 Å². The SMILES string of the molecule is Cc1sc(C(=O)c2cncnc2N[C@H]2CC[C@@H](COS(N)(=O)=O)C2)cc1C(O)c1cccc(Cl)c1. The van der Waals surface area contributed by atoms with Crippen molar-refractivity contribution in [1.82, 2.24) is 9.97 Å². The molecule has 9 nitrogen and oxygen atoms in total. The Balaban J connectivity index is 1.49. The molecule has 12 heteroatoms. The molecule has 0 spiro atoms. The third kappa shape index (κ3) is 6.43. The molecule has 3 aromatic rings. The summed E-state index contributed by atoms with van der Waals surface area (Å²) >= 11 is 7.36. The van der Waals surface area contributed by atoms with Gasteiger partial charge in [-0.05, 0) is 61.4 Å². The van der Waals surface area contributed by atoms with Crippen LogP contribution in [0.3, 0.4) is 0 Å². The fourth-order valence-corrected chi connectivity index (χ4v) is 5.81. The lowest BCUT2D eigenvalue weighted by Crippen LogP contribution is -2.22. The number of hydrogen-bond acceptors (Lipinski definition) is 9. The molecule has 0 saturated heterocycles. The monoisotopic (exact) mass is 536 g/mol. The summed E-state index contributed by atoms with van der Waals surface area (Å²) in [4.78, 5) is 23.0. The number of ketones is 1. The molecule has 0 aliphatic heterocycles. The molecule has 4 N–H and O–H groups in total.